The number of rotatable bonds is 3. The van der Waals surface area contributed by atoms with Crippen molar-refractivity contribution in [2.45, 2.75) is 31.7 Å². The number of nitrogens with one attached hydrogen (secondary N) is 1. The van der Waals surface area contributed by atoms with Crippen LogP contribution in [0.3, 0.4) is 0 Å². The third-order valence-corrected chi connectivity index (χ3v) is 5.85. The first-order valence-corrected chi connectivity index (χ1v) is 8.04. The summed E-state index contributed by atoms with van der Waals surface area (Å²) in [6, 6.07) is 7.82. The van der Waals surface area contributed by atoms with E-state index in [4.69, 9.17) is 0 Å². The predicted octanol–water partition coefficient (Wildman–Crippen LogP) is 4.02. The van der Waals surface area contributed by atoms with Gasteiger partial charge in [-0.2, -0.15) is 0 Å². The molecule has 1 aromatic heterocycles. The van der Waals surface area contributed by atoms with E-state index in [0.717, 1.165) is 29.1 Å². The molecule has 3 nitrogen and oxygen atoms in total. The van der Waals surface area contributed by atoms with Gasteiger partial charge in [-0.05, 0) is 55.1 Å². The van der Waals surface area contributed by atoms with Gasteiger partial charge in [0, 0.05) is 11.4 Å². The zero-order chi connectivity index (χ0) is 14.8. The van der Waals surface area contributed by atoms with Crippen molar-refractivity contribution in [1.29, 1.82) is 0 Å². The Bertz CT molecular complexity index is 732. The molecular weight excluding hydrogens is 284 g/mol. The molecule has 0 saturated heterocycles. The highest BCUT2D eigenvalue weighted by Crippen LogP contribution is 2.66. The van der Waals surface area contributed by atoms with Crippen molar-refractivity contribution in [2.24, 2.45) is 23.7 Å². The van der Waals surface area contributed by atoms with Gasteiger partial charge < -0.3 is 5.32 Å². The molecule has 3 fully saturated rings. The van der Waals surface area contributed by atoms with Gasteiger partial charge in [-0.25, -0.2) is 18.7 Å². The van der Waals surface area contributed by atoms with Gasteiger partial charge in [0.2, 0.25) is 0 Å². The molecule has 114 valence electrons. The zero-order valence-electron chi connectivity index (χ0n) is 12.0. The van der Waals surface area contributed by atoms with E-state index in [1.807, 2.05) is 18.2 Å². The monoisotopic (exact) mass is 301 g/mol. The first kappa shape index (κ1) is 12.7. The fraction of sp³-hybridized carbons (Fsp3) is 0.529. The molecule has 1 N–H and O–H groups in total. The smallest absolute Gasteiger partial charge is 0.297 e. The SMILES string of the molecule is FC(F)c1nc(NC2C3C4CCC(C4)C23)c2ccccc2n1. The molecule has 5 heteroatoms. The van der Waals surface area contributed by atoms with Crippen LogP contribution in [0.4, 0.5) is 14.6 Å². The molecule has 5 rings (SSSR count). The van der Waals surface area contributed by atoms with Gasteiger partial charge in [0.05, 0.1) is 5.52 Å². The summed E-state index contributed by atoms with van der Waals surface area (Å²) in [5.41, 5.74) is 0.587. The Morgan fingerprint density at radius 1 is 1.05 bits per heavy atom. The number of benzene rings is 1. The van der Waals surface area contributed by atoms with E-state index in [1.54, 1.807) is 6.07 Å². The second kappa shape index (κ2) is 4.37. The van der Waals surface area contributed by atoms with Crippen molar-refractivity contribution < 1.29 is 8.78 Å². The third-order valence-electron chi connectivity index (χ3n) is 5.85. The molecule has 3 aliphatic carbocycles. The molecule has 1 heterocycles. The molecular formula is C17H17F2N3. The summed E-state index contributed by atoms with van der Waals surface area (Å²) in [5, 5.41) is 4.31. The van der Waals surface area contributed by atoms with Crippen LogP contribution in [0.1, 0.15) is 31.5 Å². The summed E-state index contributed by atoms with van der Waals surface area (Å²) in [6.45, 7) is 0. The topological polar surface area (TPSA) is 37.8 Å². The Labute approximate surface area is 127 Å². The number of alkyl halides is 2. The van der Waals surface area contributed by atoms with Crippen LogP contribution in [0.5, 0.6) is 0 Å². The van der Waals surface area contributed by atoms with Crippen LogP contribution in [-0.2, 0) is 0 Å². The number of halogens is 2. The highest BCUT2D eigenvalue weighted by molar-refractivity contribution is 5.89. The second-order valence-electron chi connectivity index (χ2n) is 6.91. The Kier molecular flexibility index (Phi) is 2.53. The average molecular weight is 301 g/mol. The molecule has 2 aromatic rings. The number of nitrogens with zero attached hydrogens (tertiary/aromatic N) is 2. The maximum atomic E-state index is 13.0. The van der Waals surface area contributed by atoms with Crippen LogP contribution in [0, 0.1) is 23.7 Å². The minimum atomic E-state index is -2.64. The lowest BCUT2D eigenvalue weighted by molar-refractivity contribution is 0.141. The molecule has 0 aliphatic heterocycles. The summed E-state index contributed by atoms with van der Waals surface area (Å²) in [4.78, 5) is 8.08. The number of fused-ring (bicyclic) bond motifs is 6. The largest absolute Gasteiger partial charge is 0.366 e. The molecule has 3 aliphatic rings. The van der Waals surface area contributed by atoms with Crippen LogP contribution in [0.15, 0.2) is 24.3 Å². The van der Waals surface area contributed by atoms with Crippen LogP contribution in [0.25, 0.3) is 10.9 Å². The normalized spacial score (nSPS) is 35.1. The van der Waals surface area contributed by atoms with E-state index >= 15 is 0 Å². The zero-order valence-corrected chi connectivity index (χ0v) is 12.0. The Morgan fingerprint density at radius 3 is 2.50 bits per heavy atom. The molecule has 3 saturated carbocycles. The van der Waals surface area contributed by atoms with E-state index < -0.39 is 6.43 Å². The lowest BCUT2D eigenvalue weighted by atomic mass is 10.0. The fourth-order valence-electron chi connectivity index (χ4n) is 4.98. The fourth-order valence-corrected chi connectivity index (χ4v) is 4.98. The molecule has 0 radical (unpaired) electrons. The first-order chi connectivity index (χ1) is 10.7. The van der Waals surface area contributed by atoms with Crippen LogP contribution >= 0.6 is 0 Å². The van der Waals surface area contributed by atoms with Gasteiger partial charge in [-0.15, -0.1) is 0 Å². The maximum Gasteiger partial charge on any atom is 0.297 e. The summed E-state index contributed by atoms with van der Waals surface area (Å²) in [5.74, 6) is 3.37. The summed E-state index contributed by atoms with van der Waals surface area (Å²) < 4.78 is 26.1. The number of hydrogen-bond donors (Lipinski definition) is 1. The van der Waals surface area contributed by atoms with Crippen LogP contribution in [-0.4, -0.2) is 16.0 Å². The van der Waals surface area contributed by atoms with Gasteiger partial charge in [0.25, 0.3) is 6.43 Å². The van der Waals surface area contributed by atoms with E-state index in [2.05, 4.69) is 15.3 Å². The number of hydrogen-bond acceptors (Lipinski definition) is 3. The first-order valence-electron chi connectivity index (χ1n) is 8.04. The molecule has 1 aromatic carbocycles. The molecule has 22 heavy (non-hydrogen) atoms. The highest BCUT2D eigenvalue weighted by atomic mass is 19.3. The van der Waals surface area contributed by atoms with Gasteiger partial charge in [0.1, 0.15) is 5.82 Å². The van der Waals surface area contributed by atoms with Gasteiger partial charge in [-0.1, -0.05) is 12.1 Å². The quantitative estimate of drug-likeness (QED) is 0.930. The minimum absolute atomic E-state index is 0.380. The lowest BCUT2D eigenvalue weighted by Crippen LogP contribution is -2.15. The van der Waals surface area contributed by atoms with Crippen molar-refractivity contribution in [2.75, 3.05) is 5.32 Å². The van der Waals surface area contributed by atoms with Crippen molar-refractivity contribution >= 4 is 16.7 Å². The number of anilines is 1. The summed E-state index contributed by atoms with van der Waals surface area (Å²) >= 11 is 0. The van der Waals surface area contributed by atoms with Crippen molar-refractivity contribution in [3.8, 4) is 0 Å². The maximum absolute atomic E-state index is 13.0. The van der Waals surface area contributed by atoms with Gasteiger partial charge >= 0.3 is 0 Å². The minimum Gasteiger partial charge on any atom is -0.366 e. The number of aromatic nitrogens is 2. The summed E-state index contributed by atoms with van der Waals surface area (Å²) in [7, 11) is 0. The van der Waals surface area contributed by atoms with Gasteiger partial charge in [-0.3, -0.25) is 0 Å². The van der Waals surface area contributed by atoms with Crippen LogP contribution in [0.2, 0.25) is 0 Å². The molecule has 0 amide bonds. The van der Waals surface area contributed by atoms with Crippen molar-refractivity contribution in [1.82, 2.24) is 9.97 Å². The Morgan fingerprint density at radius 2 is 1.77 bits per heavy atom. The highest BCUT2D eigenvalue weighted by Gasteiger charge is 2.65. The second-order valence-corrected chi connectivity index (χ2v) is 6.91. The van der Waals surface area contributed by atoms with E-state index in [0.29, 0.717) is 17.4 Å². The Hall–Kier alpha value is -1.78. The van der Waals surface area contributed by atoms with Crippen LogP contribution < -0.4 is 5.32 Å². The summed E-state index contributed by atoms with van der Waals surface area (Å²) in [6.07, 6.45) is 1.42. The Balaban J connectivity index is 1.51. The van der Waals surface area contributed by atoms with E-state index in [-0.39, 0.29) is 5.82 Å². The predicted molar refractivity (Wildman–Crippen MR) is 79.7 cm³/mol. The molecule has 4 atom stereocenters. The third kappa shape index (κ3) is 1.71. The molecule has 0 spiro atoms. The lowest BCUT2D eigenvalue weighted by Gasteiger charge is -2.14. The van der Waals surface area contributed by atoms with E-state index in [9.17, 15) is 8.78 Å². The standard InChI is InChI=1S/C17H17F2N3/c18-15(19)17-20-11-4-2-1-3-10(11)16(22-17)21-14-12-8-5-6-9(7-8)13(12)14/h1-4,8-9,12-15H,5-7H2,(H,20,21,22). The average Bonchev–Trinajstić information content (AvgIpc) is 2.91. The number of para-hydroxylation sites is 1. The molecule has 2 bridgehead atoms. The van der Waals surface area contributed by atoms with Gasteiger partial charge in [0.15, 0.2) is 5.82 Å². The van der Waals surface area contributed by atoms with E-state index in [1.165, 1.54) is 19.3 Å². The van der Waals surface area contributed by atoms with Crippen molar-refractivity contribution in [3.63, 3.8) is 0 Å². The molecule has 4 unspecified atom stereocenters. The van der Waals surface area contributed by atoms with Crippen molar-refractivity contribution in [3.05, 3.63) is 30.1 Å².